The molecular formula is C16H22BrFN2O. The lowest BCUT2D eigenvalue weighted by Gasteiger charge is -2.30. The Balaban J connectivity index is 2.08. The Morgan fingerprint density at radius 2 is 2.29 bits per heavy atom. The highest BCUT2D eigenvalue weighted by atomic mass is 79.9. The van der Waals surface area contributed by atoms with Gasteiger partial charge in [-0.3, -0.25) is 4.79 Å². The normalized spacial score (nSPS) is 18.5. The molecule has 1 amide bonds. The molecule has 1 aliphatic heterocycles. The van der Waals surface area contributed by atoms with Gasteiger partial charge in [0.15, 0.2) is 0 Å². The Hall–Kier alpha value is -0.940. The molecule has 5 heteroatoms. The number of halogens is 2. The van der Waals surface area contributed by atoms with Gasteiger partial charge < -0.3 is 10.2 Å². The molecule has 1 atom stereocenters. The summed E-state index contributed by atoms with van der Waals surface area (Å²) in [5.74, 6) is -0.368. The lowest BCUT2D eigenvalue weighted by molar-refractivity contribution is 0.0731. The molecule has 2 rings (SSSR count). The van der Waals surface area contributed by atoms with Crippen LogP contribution in [0.25, 0.3) is 0 Å². The third kappa shape index (κ3) is 4.51. The van der Waals surface area contributed by atoms with Crippen molar-refractivity contribution in [1.29, 1.82) is 0 Å². The summed E-state index contributed by atoms with van der Waals surface area (Å²) in [5, 5.41) is 3.47. The van der Waals surface area contributed by atoms with Crippen LogP contribution in [0.3, 0.4) is 0 Å². The molecule has 0 aliphatic carbocycles. The average molecular weight is 357 g/mol. The maximum absolute atomic E-state index is 13.3. The van der Waals surface area contributed by atoms with Crippen molar-refractivity contribution in [1.82, 2.24) is 10.2 Å². The molecule has 0 aromatic heterocycles. The van der Waals surface area contributed by atoms with Crippen LogP contribution < -0.4 is 5.32 Å². The summed E-state index contributed by atoms with van der Waals surface area (Å²) in [6.07, 6.45) is 4.46. The van der Waals surface area contributed by atoms with Gasteiger partial charge in [-0.05, 0) is 59.9 Å². The first kappa shape index (κ1) is 16.4. The molecule has 1 aliphatic rings. The molecule has 0 saturated carbocycles. The third-order valence-corrected chi connectivity index (χ3v) is 4.41. The van der Waals surface area contributed by atoms with Crippen LogP contribution in [-0.2, 0) is 0 Å². The second-order valence-corrected chi connectivity index (χ2v) is 6.38. The summed E-state index contributed by atoms with van der Waals surface area (Å²) in [7, 11) is 0. The first-order valence-electron chi connectivity index (χ1n) is 7.59. The summed E-state index contributed by atoms with van der Waals surface area (Å²) in [6.45, 7) is 4.55. The van der Waals surface area contributed by atoms with Gasteiger partial charge in [-0.2, -0.15) is 0 Å². The van der Waals surface area contributed by atoms with Crippen LogP contribution in [0.4, 0.5) is 4.39 Å². The number of hydrogen-bond donors (Lipinski definition) is 1. The summed E-state index contributed by atoms with van der Waals surface area (Å²) < 4.78 is 13.6. The van der Waals surface area contributed by atoms with Crippen LogP contribution in [0.5, 0.6) is 0 Å². The smallest absolute Gasteiger partial charge is 0.253 e. The van der Waals surface area contributed by atoms with E-state index < -0.39 is 0 Å². The Labute approximate surface area is 134 Å². The summed E-state index contributed by atoms with van der Waals surface area (Å²) >= 11 is 3.14. The van der Waals surface area contributed by atoms with Crippen LogP contribution in [0.15, 0.2) is 22.7 Å². The lowest BCUT2D eigenvalue weighted by Crippen LogP contribution is -2.46. The van der Waals surface area contributed by atoms with Crippen LogP contribution >= 0.6 is 15.9 Å². The maximum Gasteiger partial charge on any atom is 0.253 e. The van der Waals surface area contributed by atoms with Crippen molar-refractivity contribution in [2.45, 2.75) is 38.6 Å². The molecule has 21 heavy (non-hydrogen) atoms. The van der Waals surface area contributed by atoms with E-state index in [1.165, 1.54) is 18.9 Å². The van der Waals surface area contributed by atoms with Crippen molar-refractivity contribution >= 4 is 21.8 Å². The summed E-state index contributed by atoms with van der Waals surface area (Å²) in [4.78, 5) is 14.5. The fraction of sp³-hybridized carbons (Fsp3) is 0.562. The molecule has 1 aromatic rings. The number of nitrogens with zero attached hydrogens (tertiary/aromatic N) is 1. The van der Waals surface area contributed by atoms with Crippen LogP contribution in [0, 0.1) is 5.82 Å². The molecule has 1 fully saturated rings. The second kappa shape index (κ2) is 7.90. The SMILES string of the molecule is CCCN(CC1CCCCN1)C(=O)c1ccc(F)c(Br)c1. The third-order valence-electron chi connectivity index (χ3n) is 3.80. The second-order valence-electron chi connectivity index (χ2n) is 5.53. The monoisotopic (exact) mass is 356 g/mol. The van der Waals surface area contributed by atoms with Gasteiger partial charge in [0.2, 0.25) is 0 Å². The minimum atomic E-state index is -0.345. The highest BCUT2D eigenvalue weighted by Crippen LogP contribution is 2.19. The molecule has 116 valence electrons. The number of carbonyl (C=O) groups excluding carboxylic acids is 1. The number of carbonyl (C=O) groups is 1. The number of nitrogens with one attached hydrogen (secondary N) is 1. The van der Waals surface area contributed by atoms with Gasteiger partial charge in [0.1, 0.15) is 5.82 Å². The standard InChI is InChI=1S/C16H22BrFN2O/c1-2-9-20(11-13-5-3-4-8-19-13)16(21)12-6-7-15(18)14(17)10-12/h6-7,10,13,19H,2-5,8-9,11H2,1H3. The number of benzene rings is 1. The fourth-order valence-corrected chi connectivity index (χ4v) is 3.08. The van der Waals surface area contributed by atoms with Crippen molar-refractivity contribution < 1.29 is 9.18 Å². The van der Waals surface area contributed by atoms with Gasteiger partial charge in [-0.1, -0.05) is 13.3 Å². The van der Waals surface area contributed by atoms with E-state index in [-0.39, 0.29) is 11.7 Å². The van der Waals surface area contributed by atoms with Gasteiger partial charge in [0.05, 0.1) is 4.47 Å². The zero-order valence-corrected chi connectivity index (χ0v) is 14.0. The van der Waals surface area contributed by atoms with E-state index in [4.69, 9.17) is 0 Å². The Morgan fingerprint density at radius 3 is 2.90 bits per heavy atom. The van der Waals surface area contributed by atoms with E-state index in [9.17, 15) is 9.18 Å². The Morgan fingerprint density at radius 1 is 1.48 bits per heavy atom. The van der Waals surface area contributed by atoms with E-state index in [2.05, 4.69) is 28.2 Å². The highest BCUT2D eigenvalue weighted by Gasteiger charge is 2.21. The Bertz CT molecular complexity index is 489. The highest BCUT2D eigenvalue weighted by molar-refractivity contribution is 9.10. The largest absolute Gasteiger partial charge is 0.337 e. The van der Waals surface area contributed by atoms with Gasteiger partial charge >= 0.3 is 0 Å². The average Bonchev–Trinajstić information content (AvgIpc) is 2.50. The quantitative estimate of drug-likeness (QED) is 0.874. The van der Waals surface area contributed by atoms with Crippen molar-refractivity contribution in [3.8, 4) is 0 Å². The summed E-state index contributed by atoms with van der Waals surface area (Å²) in [6, 6.07) is 4.83. The van der Waals surface area contributed by atoms with E-state index >= 15 is 0 Å². The fourth-order valence-electron chi connectivity index (χ4n) is 2.70. The van der Waals surface area contributed by atoms with E-state index in [0.717, 1.165) is 32.5 Å². The van der Waals surface area contributed by atoms with Gasteiger partial charge in [0.25, 0.3) is 5.91 Å². The topological polar surface area (TPSA) is 32.3 Å². The molecule has 1 aromatic carbocycles. The number of piperidine rings is 1. The van der Waals surface area contributed by atoms with Crippen molar-refractivity contribution in [3.05, 3.63) is 34.1 Å². The maximum atomic E-state index is 13.3. The Kier molecular flexibility index (Phi) is 6.18. The molecule has 3 nitrogen and oxygen atoms in total. The zero-order valence-electron chi connectivity index (χ0n) is 12.4. The molecule has 0 radical (unpaired) electrons. The van der Waals surface area contributed by atoms with Gasteiger partial charge in [-0.15, -0.1) is 0 Å². The van der Waals surface area contributed by atoms with Gasteiger partial charge in [0, 0.05) is 24.7 Å². The van der Waals surface area contributed by atoms with E-state index in [0.29, 0.717) is 16.1 Å². The van der Waals surface area contributed by atoms with Gasteiger partial charge in [-0.25, -0.2) is 4.39 Å². The first-order valence-corrected chi connectivity index (χ1v) is 8.39. The first-order chi connectivity index (χ1) is 10.1. The van der Waals surface area contributed by atoms with E-state index in [1.807, 2.05) is 4.90 Å². The minimum Gasteiger partial charge on any atom is -0.337 e. The van der Waals surface area contributed by atoms with E-state index in [1.54, 1.807) is 12.1 Å². The molecular weight excluding hydrogens is 335 g/mol. The van der Waals surface area contributed by atoms with Crippen molar-refractivity contribution in [2.75, 3.05) is 19.6 Å². The lowest BCUT2D eigenvalue weighted by atomic mass is 10.0. The minimum absolute atomic E-state index is 0.0232. The van der Waals surface area contributed by atoms with Crippen molar-refractivity contribution in [3.63, 3.8) is 0 Å². The number of rotatable bonds is 5. The number of hydrogen-bond acceptors (Lipinski definition) is 2. The molecule has 1 saturated heterocycles. The predicted molar refractivity (Wildman–Crippen MR) is 85.9 cm³/mol. The predicted octanol–water partition coefficient (Wildman–Crippen LogP) is 3.58. The molecule has 1 unspecified atom stereocenters. The molecule has 1 heterocycles. The van der Waals surface area contributed by atoms with Crippen LogP contribution in [0.2, 0.25) is 0 Å². The number of amides is 1. The van der Waals surface area contributed by atoms with Crippen LogP contribution in [0.1, 0.15) is 43.0 Å². The molecule has 0 bridgehead atoms. The van der Waals surface area contributed by atoms with Crippen molar-refractivity contribution in [2.24, 2.45) is 0 Å². The molecule has 1 N–H and O–H groups in total. The summed E-state index contributed by atoms with van der Waals surface area (Å²) in [5.41, 5.74) is 0.535. The zero-order chi connectivity index (χ0) is 15.2. The van der Waals surface area contributed by atoms with Crippen LogP contribution in [-0.4, -0.2) is 36.5 Å². The molecule has 0 spiro atoms.